The number of hydrogen-bond donors (Lipinski definition) is 1. The van der Waals surface area contributed by atoms with Crippen LogP contribution in [0.1, 0.15) is 42.9 Å². The summed E-state index contributed by atoms with van der Waals surface area (Å²) in [6.45, 7) is 6.55. The number of rotatable bonds is 5. The minimum atomic E-state index is -0.330. The Balaban J connectivity index is 1.67. The monoisotopic (exact) mass is 393 g/mol. The van der Waals surface area contributed by atoms with Crippen molar-refractivity contribution in [2.45, 2.75) is 33.4 Å². The molecule has 7 heteroatoms. The molecule has 7 nitrogen and oxygen atoms in total. The predicted molar refractivity (Wildman–Crippen MR) is 109 cm³/mol. The lowest BCUT2D eigenvalue weighted by molar-refractivity contribution is 0.0934. The van der Waals surface area contributed by atoms with E-state index in [4.69, 9.17) is 9.47 Å². The number of benzene rings is 2. The van der Waals surface area contributed by atoms with Crippen LogP contribution in [0.25, 0.3) is 10.8 Å². The average molecular weight is 393 g/mol. The molecule has 0 spiro atoms. The summed E-state index contributed by atoms with van der Waals surface area (Å²) in [4.78, 5) is 25.8. The maximum Gasteiger partial charge on any atom is 0.274 e. The van der Waals surface area contributed by atoms with Gasteiger partial charge in [-0.05, 0) is 36.6 Å². The molecule has 4 rings (SSSR count). The van der Waals surface area contributed by atoms with E-state index in [1.54, 1.807) is 24.3 Å². The number of nitrogens with one attached hydrogen (secondary N) is 1. The molecule has 1 aromatic heterocycles. The van der Waals surface area contributed by atoms with Gasteiger partial charge in [0.05, 0.1) is 11.4 Å². The van der Waals surface area contributed by atoms with Gasteiger partial charge in [-0.1, -0.05) is 38.1 Å². The molecule has 2 heterocycles. The Hall–Kier alpha value is -3.35. The Bertz CT molecular complexity index is 1140. The first-order valence-corrected chi connectivity index (χ1v) is 9.64. The fourth-order valence-corrected chi connectivity index (χ4v) is 3.40. The van der Waals surface area contributed by atoms with Crippen LogP contribution < -0.4 is 20.3 Å². The van der Waals surface area contributed by atoms with E-state index in [1.807, 2.05) is 39.0 Å². The third-order valence-electron chi connectivity index (χ3n) is 4.87. The van der Waals surface area contributed by atoms with E-state index in [0.717, 1.165) is 5.56 Å². The van der Waals surface area contributed by atoms with Gasteiger partial charge in [0.2, 0.25) is 6.79 Å². The number of carbonyl (C=O) groups excluding carboxylic acids is 1. The second-order valence-corrected chi connectivity index (χ2v) is 7.58. The third-order valence-corrected chi connectivity index (χ3v) is 4.87. The van der Waals surface area contributed by atoms with Gasteiger partial charge in [-0.15, -0.1) is 0 Å². The van der Waals surface area contributed by atoms with Crippen LogP contribution in [0.2, 0.25) is 0 Å². The molecule has 0 aliphatic carbocycles. The molecule has 0 fully saturated rings. The van der Waals surface area contributed by atoms with Crippen molar-refractivity contribution in [3.05, 3.63) is 64.1 Å². The molecule has 150 valence electrons. The first kappa shape index (κ1) is 19.0. The molecule has 1 amide bonds. The predicted octanol–water partition coefficient (Wildman–Crippen LogP) is 3.27. The molecule has 0 saturated carbocycles. The number of aromatic nitrogens is 2. The second kappa shape index (κ2) is 7.58. The highest BCUT2D eigenvalue weighted by Gasteiger charge is 2.21. The first-order chi connectivity index (χ1) is 13.9. The molecule has 1 N–H and O–H groups in total. The van der Waals surface area contributed by atoms with Gasteiger partial charge >= 0.3 is 0 Å². The van der Waals surface area contributed by atoms with Crippen LogP contribution in [0.4, 0.5) is 0 Å². The van der Waals surface area contributed by atoms with Gasteiger partial charge in [0.15, 0.2) is 17.2 Å². The molecule has 1 unspecified atom stereocenters. The zero-order chi connectivity index (χ0) is 20.5. The van der Waals surface area contributed by atoms with Crippen molar-refractivity contribution in [2.24, 2.45) is 5.92 Å². The summed E-state index contributed by atoms with van der Waals surface area (Å²) < 4.78 is 12.1. The minimum absolute atomic E-state index is 0.185. The van der Waals surface area contributed by atoms with E-state index in [1.165, 1.54) is 4.68 Å². The van der Waals surface area contributed by atoms with Gasteiger partial charge in [-0.3, -0.25) is 9.59 Å². The molecule has 2 aromatic carbocycles. The Labute approximate surface area is 168 Å². The van der Waals surface area contributed by atoms with Crippen molar-refractivity contribution in [1.29, 1.82) is 0 Å². The summed E-state index contributed by atoms with van der Waals surface area (Å²) in [5, 5.41) is 8.41. The van der Waals surface area contributed by atoms with Crippen LogP contribution in [0, 0.1) is 5.92 Å². The van der Waals surface area contributed by atoms with Crippen molar-refractivity contribution in [3.8, 4) is 11.5 Å². The average Bonchev–Trinajstić information content (AvgIpc) is 3.17. The van der Waals surface area contributed by atoms with E-state index in [-0.39, 0.29) is 35.9 Å². The highest BCUT2D eigenvalue weighted by Crippen LogP contribution is 2.34. The van der Waals surface area contributed by atoms with Crippen LogP contribution >= 0.6 is 0 Å². The smallest absolute Gasteiger partial charge is 0.274 e. The lowest BCUT2D eigenvalue weighted by Crippen LogP contribution is -2.32. The third kappa shape index (κ3) is 3.68. The summed E-state index contributed by atoms with van der Waals surface area (Å²) in [5.74, 6) is 1.26. The SMILES string of the molecule is CC(C)Cn1nc(C(=O)NC(C)c2ccc3c(c2)OCO3)c2ccccc2c1=O. The van der Waals surface area contributed by atoms with E-state index >= 15 is 0 Å². The normalized spacial score (nSPS) is 13.7. The highest BCUT2D eigenvalue weighted by atomic mass is 16.7. The summed E-state index contributed by atoms with van der Waals surface area (Å²) in [6.07, 6.45) is 0. The van der Waals surface area contributed by atoms with E-state index in [9.17, 15) is 9.59 Å². The maximum atomic E-state index is 13.1. The van der Waals surface area contributed by atoms with Crippen molar-refractivity contribution >= 4 is 16.7 Å². The lowest BCUT2D eigenvalue weighted by atomic mass is 10.1. The summed E-state index contributed by atoms with van der Waals surface area (Å²) in [5.41, 5.74) is 0.950. The van der Waals surface area contributed by atoms with Gasteiger partial charge in [0.25, 0.3) is 11.5 Å². The van der Waals surface area contributed by atoms with E-state index in [0.29, 0.717) is 28.8 Å². The maximum absolute atomic E-state index is 13.1. The van der Waals surface area contributed by atoms with E-state index < -0.39 is 0 Å². The fourth-order valence-electron chi connectivity index (χ4n) is 3.40. The Kier molecular flexibility index (Phi) is 4.96. The number of ether oxygens (including phenoxy) is 2. The van der Waals surface area contributed by atoms with Gasteiger partial charge in [-0.2, -0.15) is 5.10 Å². The molecule has 1 aliphatic rings. The number of amides is 1. The Morgan fingerprint density at radius 2 is 1.83 bits per heavy atom. The minimum Gasteiger partial charge on any atom is -0.454 e. The van der Waals surface area contributed by atoms with Crippen LogP contribution in [0.15, 0.2) is 47.3 Å². The van der Waals surface area contributed by atoms with Gasteiger partial charge in [0, 0.05) is 11.9 Å². The van der Waals surface area contributed by atoms with Gasteiger partial charge in [-0.25, -0.2) is 4.68 Å². The number of nitrogens with zero attached hydrogens (tertiary/aromatic N) is 2. The Morgan fingerprint density at radius 1 is 1.10 bits per heavy atom. The molecule has 1 atom stereocenters. The number of carbonyl (C=O) groups is 1. The molecule has 0 saturated heterocycles. The van der Waals surface area contributed by atoms with Crippen molar-refractivity contribution in [3.63, 3.8) is 0 Å². The topological polar surface area (TPSA) is 82.5 Å². The van der Waals surface area contributed by atoms with Crippen LogP contribution in [-0.4, -0.2) is 22.5 Å². The molecular weight excluding hydrogens is 370 g/mol. The van der Waals surface area contributed by atoms with Gasteiger partial charge < -0.3 is 14.8 Å². The summed E-state index contributed by atoms with van der Waals surface area (Å²) in [6, 6.07) is 12.4. The summed E-state index contributed by atoms with van der Waals surface area (Å²) >= 11 is 0. The molecule has 0 radical (unpaired) electrons. The molecule has 0 bridgehead atoms. The van der Waals surface area contributed by atoms with Crippen LogP contribution in [0.3, 0.4) is 0 Å². The zero-order valence-electron chi connectivity index (χ0n) is 16.6. The van der Waals surface area contributed by atoms with E-state index in [2.05, 4.69) is 10.4 Å². The molecule has 1 aliphatic heterocycles. The standard InChI is InChI=1S/C22H23N3O4/c1-13(2)11-25-22(27)17-7-5-4-6-16(17)20(24-25)21(26)23-14(3)15-8-9-18-19(10-15)29-12-28-18/h4-10,13-14H,11-12H2,1-3H3,(H,23,26). The van der Waals surface area contributed by atoms with Crippen LogP contribution in [-0.2, 0) is 6.54 Å². The molecular formula is C22H23N3O4. The lowest BCUT2D eigenvalue weighted by Gasteiger charge is -2.16. The van der Waals surface area contributed by atoms with Crippen molar-refractivity contribution in [1.82, 2.24) is 15.1 Å². The fraction of sp³-hybridized carbons (Fsp3) is 0.318. The zero-order valence-corrected chi connectivity index (χ0v) is 16.6. The molecule has 3 aromatic rings. The largest absolute Gasteiger partial charge is 0.454 e. The Morgan fingerprint density at radius 3 is 2.59 bits per heavy atom. The quantitative estimate of drug-likeness (QED) is 0.719. The van der Waals surface area contributed by atoms with Crippen molar-refractivity contribution in [2.75, 3.05) is 6.79 Å². The summed E-state index contributed by atoms with van der Waals surface area (Å²) in [7, 11) is 0. The number of hydrogen-bond acceptors (Lipinski definition) is 5. The van der Waals surface area contributed by atoms with Crippen LogP contribution in [0.5, 0.6) is 11.5 Å². The second-order valence-electron chi connectivity index (χ2n) is 7.58. The van der Waals surface area contributed by atoms with Gasteiger partial charge in [0.1, 0.15) is 0 Å². The van der Waals surface area contributed by atoms with Crippen molar-refractivity contribution < 1.29 is 14.3 Å². The number of fused-ring (bicyclic) bond motifs is 2. The first-order valence-electron chi connectivity index (χ1n) is 9.64. The highest BCUT2D eigenvalue weighted by molar-refractivity contribution is 6.04. The molecule has 29 heavy (non-hydrogen) atoms.